The third-order valence-electron chi connectivity index (χ3n) is 3.08. The van der Waals surface area contributed by atoms with Gasteiger partial charge in [0.2, 0.25) is 0 Å². The number of hydrogen-bond donors (Lipinski definition) is 0. The monoisotopic (exact) mass is 299 g/mol. The van der Waals surface area contributed by atoms with E-state index in [0.717, 1.165) is 34.9 Å². The number of anilines is 1. The molecule has 0 radical (unpaired) electrons. The topological polar surface area (TPSA) is 54.8 Å². The Morgan fingerprint density at radius 2 is 2.05 bits per heavy atom. The third-order valence-corrected chi connectivity index (χ3v) is 3.81. The van der Waals surface area contributed by atoms with Crippen molar-refractivity contribution in [1.82, 2.24) is 19.9 Å². The highest BCUT2D eigenvalue weighted by Crippen LogP contribution is 2.25. The zero-order chi connectivity index (χ0) is 14.7. The highest BCUT2D eigenvalue weighted by Gasteiger charge is 2.16. The SMILES string of the molecule is CC(C)CN(Cc1ccccn1)c1ncnc2scnc12. The summed E-state index contributed by atoms with van der Waals surface area (Å²) in [6.07, 6.45) is 3.43. The summed E-state index contributed by atoms with van der Waals surface area (Å²) in [5.41, 5.74) is 3.72. The van der Waals surface area contributed by atoms with Crippen molar-refractivity contribution < 1.29 is 0 Å². The minimum Gasteiger partial charge on any atom is -0.349 e. The Kier molecular flexibility index (Phi) is 4.06. The van der Waals surface area contributed by atoms with Crippen molar-refractivity contribution in [2.45, 2.75) is 20.4 Å². The van der Waals surface area contributed by atoms with Gasteiger partial charge in [0.15, 0.2) is 5.82 Å². The lowest BCUT2D eigenvalue weighted by molar-refractivity contribution is 0.602. The van der Waals surface area contributed by atoms with Crippen LogP contribution in [-0.2, 0) is 6.54 Å². The molecular weight excluding hydrogens is 282 g/mol. The van der Waals surface area contributed by atoms with E-state index in [1.807, 2.05) is 29.9 Å². The minimum atomic E-state index is 0.525. The predicted molar refractivity (Wildman–Crippen MR) is 85.3 cm³/mol. The first-order valence-corrected chi connectivity index (χ1v) is 7.81. The van der Waals surface area contributed by atoms with E-state index < -0.39 is 0 Å². The van der Waals surface area contributed by atoms with Gasteiger partial charge in [0.05, 0.1) is 17.7 Å². The van der Waals surface area contributed by atoms with Gasteiger partial charge in [0.1, 0.15) is 16.7 Å². The van der Waals surface area contributed by atoms with E-state index in [2.05, 4.69) is 38.7 Å². The fraction of sp³-hybridized carbons (Fsp3) is 0.333. The molecule has 0 bridgehead atoms. The molecule has 3 heterocycles. The summed E-state index contributed by atoms with van der Waals surface area (Å²) in [5, 5.41) is 0. The first-order valence-electron chi connectivity index (χ1n) is 6.93. The zero-order valence-corrected chi connectivity index (χ0v) is 12.9. The van der Waals surface area contributed by atoms with E-state index in [9.17, 15) is 0 Å². The summed E-state index contributed by atoms with van der Waals surface area (Å²) in [7, 11) is 0. The Balaban J connectivity index is 1.97. The fourth-order valence-electron chi connectivity index (χ4n) is 2.27. The molecule has 6 heteroatoms. The Bertz CT molecular complexity index is 710. The normalized spacial score (nSPS) is 11.2. The van der Waals surface area contributed by atoms with Crippen LogP contribution in [0.5, 0.6) is 0 Å². The quantitative estimate of drug-likeness (QED) is 0.724. The van der Waals surface area contributed by atoms with Gasteiger partial charge in [-0.05, 0) is 18.1 Å². The number of hydrogen-bond acceptors (Lipinski definition) is 6. The number of rotatable bonds is 5. The van der Waals surface area contributed by atoms with Gasteiger partial charge in [-0.3, -0.25) is 4.98 Å². The van der Waals surface area contributed by atoms with Crippen molar-refractivity contribution in [3.8, 4) is 0 Å². The maximum absolute atomic E-state index is 4.46. The molecule has 0 aliphatic rings. The molecule has 0 aliphatic carbocycles. The Hall–Kier alpha value is -2.08. The third kappa shape index (κ3) is 3.16. The molecule has 0 spiro atoms. The summed E-state index contributed by atoms with van der Waals surface area (Å²) in [6.45, 7) is 6.03. The van der Waals surface area contributed by atoms with Crippen molar-refractivity contribution in [1.29, 1.82) is 0 Å². The summed E-state index contributed by atoms with van der Waals surface area (Å²) in [4.78, 5) is 20.7. The van der Waals surface area contributed by atoms with Gasteiger partial charge in [-0.15, -0.1) is 11.3 Å². The molecule has 0 amide bonds. The van der Waals surface area contributed by atoms with Crippen molar-refractivity contribution in [3.05, 3.63) is 41.9 Å². The maximum atomic E-state index is 4.46. The summed E-state index contributed by atoms with van der Waals surface area (Å²) in [5.74, 6) is 1.41. The van der Waals surface area contributed by atoms with Crippen LogP contribution in [0, 0.1) is 5.92 Å². The van der Waals surface area contributed by atoms with Crippen LogP contribution in [0.4, 0.5) is 5.82 Å². The van der Waals surface area contributed by atoms with Crippen molar-refractivity contribution >= 4 is 27.5 Å². The van der Waals surface area contributed by atoms with Crippen LogP contribution in [-0.4, -0.2) is 26.5 Å². The second-order valence-corrected chi connectivity index (χ2v) is 6.13. The lowest BCUT2D eigenvalue weighted by atomic mass is 10.2. The first-order chi connectivity index (χ1) is 10.2. The summed E-state index contributed by atoms with van der Waals surface area (Å²) in [6, 6.07) is 5.97. The lowest BCUT2D eigenvalue weighted by Gasteiger charge is -2.25. The van der Waals surface area contributed by atoms with E-state index in [1.165, 1.54) is 11.3 Å². The molecule has 0 saturated carbocycles. The van der Waals surface area contributed by atoms with E-state index in [1.54, 1.807) is 6.33 Å². The largest absolute Gasteiger partial charge is 0.349 e. The maximum Gasteiger partial charge on any atom is 0.159 e. The van der Waals surface area contributed by atoms with Gasteiger partial charge in [-0.2, -0.15) is 0 Å². The van der Waals surface area contributed by atoms with Crippen LogP contribution in [0.2, 0.25) is 0 Å². The van der Waals surface area contributed by atoms with Crippen molar-refractivity contribution in [2.24, 2.45) is 5.92 Å². The molecule has 0 saturated heterocycles. The number of thiazole rings is 1. The number of fused-ring (bicyclic) bond motifs is 1. The second-order valence-electron chi connectivity index (χ2n) is 5.30. The Labute approximate surface area is 127 Å². The zero-order valence-electron chi connectivity index (χ0n) is 12.1. The predicted octanol–water partition coefficient (Wildman–Crippen LogP) is 3.14. The molecular formula is C15H17N5S. The minimum absolute atomic E-state index is 0.525. The molecule has 3 aromatic heterocycles. The van der Waals surface area contributed by atoms with Crippen LogP contribution < -0.4 is 4.90 Å². The number of pyridine rings is 1. The molecule has 0 N–H and O–H groups in total. The molecule has 0 fully saturated rings. The average molecular weight is 299 g/mol. The smallest absolute Gasteiger partial charge is 0.159 e. The number of aromatic nitrogens is 4. The molecule has 0 aromatic carbocycles. The van der Waals surface area contributed by atoms with Gasteiger partial charge < -0.3 is 4.90 Å². The van der Waals surface area contributed by atoms with Crippen LogP contribution in [0.1, 0.15) is 19.5 Å². The average Bonchev–Trinajstić information content (AvgIpc) is 2.95. The fourth-order valence-corrected chi connectivity index (χ4v) is 2.89. The van der Waals surface area contributed by atoms with Gasteiger partial charge >= 0.3 is 0 Å². The molecule has 0 aliphatic heterocycles. The molecule has 0 unspecified atom stereocenters. The van der Waals surface area contributed by atoms with Crippen molar-refractivity contribution in [2.75, 3.05) is 11.4 Å². The van der Waals surface area contributed by atoms with E-state index >= 15 is 0 Å². The van der Waals surface area contributed by atoms with E-state index in [-0.39, 0.29) is 0 Å². The second kappa shape index (κ2) is 6.13. The van der Waals surface area contributed by atoms with Crippen molar-refractivity contribution in [3.63, 3.8) is 0 Å². The lowest BCUT2D eigenvalue weighted by Crippen LogP contribution is -2.28. The van der Waals surface area contributed by atoms with E-state index in [0.29, 0.717) is 5.92 Å². The van der Waals surface area contributed by atoms with Crippen LogP contribution in [0.3, 0.4) is 0 Å². The molecule has 108 valence electrons. The van der Waals surface area contributed by atoms with Gasteiger partial charge in [-0.25, -0.2) is 15.0 Å². The van der Waals surface area contributed by atoms with E-state index in [4.69, 9.17) is 0 Å². The van der Waals surface area contributed by atoms with Gasteiger partial charge in [0, 0.05) is 12.7 Å². The van der Waals surface area contributed by atoms with Crippen LogP contribution in [0.25, 0.3) is 10.3 Å². The first kappa shape index (κ1) is 13.9. The molecule has 3 aromatic rings. The Morgan fingerprint density at radius 1 is 1.14 bits per heavy atom. The molecule has 0 atom stereocenters. The van der Waals surface area contributed by atoms with Crippen LogP contribution in [0.15, 0.2) is 36.2 Å². The summed E-state index contributed by atoms with van der Waals surface area (Å²) < 4.78 is 0. The number of nitrogens with zero attached hydrogens (tertiary/aromatic N) is 5. The molecule has 21 heavy (non-hydrogen) atoms. The van der Waals surface area contributed by atoms with Gasteiger partial charge in [-0.1, -0.05) is 19.9 Å². The highest BCUT2D eigenvalue weighted by atomic mass is 32.1. The standard InChI is InChI=1S/C15H17N5S/c1-11(2)7-20(8-12-5-3-4-6-16-12)14-13-15(18-9-17-14)21-10-19-13/h3-6,9-11H,7-8H2,1-2H3. The molecule has 3 rings (SSSR count). The Morgan fingerprint density at radius 3 is 2.81 bits per heavy atom. The summed E-state index contributed by atoms with van der Waals surface area (Å²) >= 11 is 1.54. The highest BCUT2D eigenvalue weighted by molar-refractivity contribution is 7.16. The van der Waals surface area contributed by atoms with Crippen LogP contribution >= 0.6 is 11.3 Å². The molecule has 5 nitrogen and oxygen atoms in total. The van der Waals surface area contributed by atoms with Gasteiger partial charge in [0.25, 0.3) is 0 Å².